The zero-order chi connectivity index (χ0) is 13.4. The van der Waals surface area contributed by atoms with Gasteiger partial charge in [-0.2, -0.15) is 0 Å². The van der Waals surface area contributed by atoms with Gasteiger partial charge in [0.15, 0.2) is 11.5 Å². The van der Waals surface area contributed by atoms with Crippen molar-refractivity contribution in [2.24, 2.45) is 5.92 Å². The molecule has 4 nitrogen and oxygen atoms in total. The van der Waals surface area contributed by atoms with Crippen molar-refractivity contribution < 1.29 is 9.47 Å². The molecule has 0 saturated heterocycles. The number of anilines is 1. The van der Waals surface area contributed by atoms with E-state index in [1.54, 1.807) is 0 Å². The molecule has 0 unspecified atom stereocenters. The lowest BCUT2D eigenvalue weighted by Crippen LogP contribution is -2.21. The van der Waals surface area contributed by atoms with E-state index < -0.39 is 0 Å². The van der Waals surface area contributed by atoms with Crippen molar-refractivity contribution >= 4 is 16.6 Å². The fraction of sp³-hybridized carbons (Fsp3) is 0.438. The van der Waals surface area contributed by atoms with Crippen molar-refractivity contribution in [1.82, 2.24) is 4.98 Å². The molecule has 4 rings (SSSR count). The largest absolute Gasteiger partial charge is 0.486 e. The second-order valence-electron chi connectivity index (χ2n) is 5.55. The molecule has 1 N–H and O–H groups in total. The molecule has 0 amide bonds. The number of hydrogen-bond donors (Lipinski definition) is 1. The van der Waals surface area contributed by atoms with Gasteiger partial charge in [-0.05, 0) is 42.3 Å². The number of nitrogens with zero attached hydrogens (tertiary/aromatic N) is 1. The number of ether oxygens (including phenoxy) is 2. The SMILES string of the molecule is c1cc2cc3c(cc2c(NCC2CCC2)n1)OCCO3. The van der Waals surface area contributed by atoms with Gasteiger partial charge < -0.3 is 14.8 Å². The quantitative estimate of drug-likeness (QED) is 0.930. The van der Waals surface area contributed by atoms with Crippen LogP contribution in [0.3, 0.4) is 0 Å². The molecule has 0 atom stereocenters. The molecule has 1 aromatic carbocycles. The predicted octanol–water partition coefficient (Wildman–Crippen LogP) is 3.22. The van der Waals surface area contributed by atoms with E-state index in [4.69, 9.17) is 9.47 Å². The van der Waals surface area contributed by atoms with Gasteiger partial charge in [0.1, 0.15) is 19.0 Å². The Morgan fingerprint density at radius 2 is 1.95 bits per heavy atom. The maximum atomic E-state index is 5.66. The smallest absolute Gasteiger partial charge is 0.162 e. The van der Waals surface area contributed by atoms with Crippen LogP contribution in [0.4, 0.5) is 5.82 Å². The van der Waals surface area contributed by atoms with Gasteiger partial charge in [0.05, 0.1) is 0 Å². The number of fused-ring (bicyclic) bond motifs is 2. The normalized spacial score (nSPS) is 17.8. The van der Waals surface area contributed by atoms with Gasteiger partial charge >= 0.3 is 0 Å². The minimum absolute atomic E-state index is 0.615. The Kier molecular flexibility index (Phi) is 2.87. The third-order valence-corrected chi connectivity index (χ3v) is 4.21. The molecule has 1 fully saturated rings. The Balaban J connectivity index is 1.68. The van der Waals surface area contributed by atoms with E-state index in [-0.39, 0.29) is 0 Å². The summed E-state index contributed by atoms with van der Waals surface area (Å²) in [6.07, 6.45) is 5.89. The van der Waals surface area contributed by atoms with Crippen LogP contribution >= 0.6 is 0 Å². The van der Waals surface area contributed by atoms with E-state index in [9.17, 15) is 0 Å². The van der Waals surface area contributed by atoms with E-state index in [2.05, 4.69) is 10.3 Å². The highest BCUT2D eigenvalue weighted by atomic mass is 16.6. The van der Waals surface area contributed by atoms with Gasteiger partial charge in [-0.1, -0.05) is 6.42 Å². The summed E-state index contributed by atoms with van der Waals surface area (Å²) in [5, 5.41) is 5.74. The average Bonchev–Trinajstić information content (AvgIpc) is 2.44. The second kappa shape index (κ2) is 4.85. The van der Waals surface area contributed by atoms with Crippen molar-refractivity contribution in [3.63, 3.8) is 0 Å². The minimum atomic E-state index is 0.615. The van der Waals surface area contributed by atoms with Crippen molar-refractivity contribution in [1.29, 1.82) is 0 Å². The Bertz CT molecular complexity index is 638. The Morgan fingerprint density at radius 3 is 2.70 bits per heavy atom. The van der Waals surface area contributed by atoms with Gasteiger partial charge in [-0.3, -0.25) is 0 Å². The minimum Gasteiger partial charge on any atom is -0.486 e. The summed E-state index contributed by atoms with van der Waals surface area (Å²) >= 11 is 0. The predicted molar refractivity (Wildman–Crippen MR) is 78.6 cm³/mol. The van der Waals surface area contributed by atoms with Crippen LogP contribution in [0.2, 0.25) is 0 Å². The number of aromatic nitrogens is 1. The van der Waals surface area contributed by atoms with E-state index in [0.717, 1.165) is 40.6 Å². The zero-order valence-corrected chi connectivity index (χ0v) is 11.4. The fourth-order valence-electron chi connectivity index (χ4n) is 2.79. The summed E-state index contributed by atoms with van der Waals surface area (Å²) in [6.45, 7) is 2.25. The first kappa shape index (κ1) is 11.8. The highest BCUT2D eigenvalue weighted by Crippen LogP contribution is 2.36. The van der Waals surface area contributed by atoms with Crippen LogP contribution in [0.5, 0.6) is 11.5 Å². The molecule has 2 aliphatic rings. The molecule has 0 bridgehead atoms. The zero-order valence-electron chi connectivity index (χ0n) is 11.4. The lowest BCUT2D eigenvalue weighted by Gasteiger charge is -2.26. The van der Waals surface area contributed by atoms with Crippen LogP contribution in [0, 0.1) is 5.92 Å². The third kappa shape index (κ3) is 2.05. The molecule has 1 aliphatic heterocycles. The Hall–Kier alpha value is -1.97. The van der Waals surface area contributed by atoms with Gasteiger partial charge in [0.2, 0.25) is 0 Å². The summed E-state index contributed by atoms with van der Waals surface area (Å²) in [6, 6.07) is 6.10. The van der Waals surface area contributed by atoms with E-state index >= 15 is 0 Å². The van der Waals surface area contributed by atoms with E-state index in [1.807, 2.05) is 24.4 Å². The van der Waals surface area contributed by atoms with Crippen LogP contribution < -0.4 is 14.8 Å². The lowest BCUT2D eigenvalue weighted by atomic mass is 9.85. The van der Waals surface area contributed by atoms with Crippen LogP contribution in [-0.4, -0.2) is 24.7 Å². The van der Waals surface area contributed by atoms with Crippen LogP contribution in [0.1, 0.15) is 19.3 Å². The monoisotopic (exact) mass is 270 g/mol. The van der Waals surface area contributed by atoms with Gasteiger partial charge in [-0.15, -0.1) is 0 Å². The number of hydrogen-bond acceptors (Lipinski definition) is 4. The molecular formula is C16H18N2O2. The van der Waals surface area contributed by atoms with Crippen LogP contribution in [0.15, 0.2) is 24.4 Å². The van der Waals surface area contributed by atoms with Crippen molar-refractivity contribution in [2.45, 2.75) is 19.3 Å². The second-order valence-corrected chi connectivity index (χ2v) is 5.55. The summed E-state index contributed by atoms with van der Waals surface area (Å²) in [7, 11) is 0. The van der Waals surface area contributed by atoms with Crippen molar-refractivity contribution in [2.75, 3.05) is 25.1 Å². The summed E-state index contributed by atoms with van der Waals surface area (Å²) in [4.78, 5) is 4.48. The molecule has 2 heterocycles. The molecule has 1 aromatic heterocycles. The highest BCUT2D eigenvalue weighted by Gasteiger charge is 2.18. The first-order chi connectivity index (χ1) is 9.90. The molecular weight excluding hydrogens is 252 g/mol. The van der Waals surface area contributed by atoms with E-state index in [1.165, 1.54) is 19.3 Å². The lowest BCUT2D eigenvalue weighted by molar-refractivity contribution is 0.172. The Labute approximate surface area is 118 Å². The molecule has 4 heteroatoms. The molecule has 2 aromatic rings. The molecule has 0 spiro atoms. The highest BCUT2D eigenvalue weighted by molar-refractivity contribution is 5.94. The summed E-state index contributed by atoms with van der Waals surface area (Å²) < 4.78 is 11.3. The van der Waals surface area contributed by atoms with Gasteiger partial charge in [-0.25, -0.2) is 4.98 Å². The van der Waals surface area contributed by atoms with Crippen LogP contribution in [-0.2, 0) is 0 Å². The summed E-state index contributed by atoms with van der Waals surface area (Å²) in [5.74, 6) is 3.42. The molecule has 1 saturated carbocycles. The van der Waals surface area contributed by atoms with E-state index in [0.29, 0.717) is 13.2 Å². The maximum absolute atomic E-state index is 5.66. The number of rotatable bonds is 3. The Morgan fingerprint density at radius 1 is 1.15 bits per heavy atom. The number of pyridine rings is 1. The standard InChI is InChI=1S/C16H18N2O2/c1-2-11(3-1)10-18-16-13-9-15-14(19-6-7-20-15)8-12(13)4-5-17-16/h4-5,8-9,11H,1-3,6-7,10H2,(H,17,18). The molecule has 104 valence electrons. The number of benzene rings is 1. The van der Waals surface area contributed by atoms with Gasteiger partial charge in [0, 0.05) is 18.1 Å². The maximum Gasteiger partial charge on any atom is 0.162 e. The number of nitrogens with one attached hydrogen (secondary N) is 1. The van der Waals surface area contributed by atoms with Crippen molar-refractivity contribution in [3.05, 3.63) is 24.4 Å². The first-order valence-corrected chi connectivity index (χ1v) is 7.32. The van der Waals surface area contributed by atoms with Gasteiger partial charge in [0.25, 0.3) is 0 Å². The molecule has 1 aliphatic carbocycles. The first-order valence-electron chi connectivity index (χ1n) is 7.32. The summed E-state index contributed by atoms with van der Waals surface area (Å²) in [5.41, 5.74) is 0. The van der Waals surface area contributed by atoms with Crippen molar-refractivity contribution in [3.8, 4) is 11.5 Å². The van der Waals surface area contributed by atoms with Crippen LogP contribution in [0.25, 0.3) is 10.8 Å². The fourth-order valence-corrected chi connectivity index (χ4v) is 2.79. The molecule has 20 heavy (non-hydrogen) atoms. The average molecular weight is 270 g/mol. The third-order valence-electron chi connectivity index (χ3n) is 4.21. The molecule has 0 radical (unpaired) electrons. The topological polar surface area (TPSA) is 43.4 Å².